The minimum absolute atomic E-state index is 0.145. The van der Waals surface area contributed by atoms with E-state index in [0.29, 0.717) is 23.5 Å². The Morgan fingerprint density at radius 2 is 1.38 bits per heavy atom. The molecule has 0 aliphatic heterocycles. The molecule has 0 aromatic heterocycles. The van der Waals surface area contributed by atoms with Gasteiger partial charge in [0.05, 0.1) is 0 Å². The standard InChI is InChI=1S/C29H31F3/c1-3-5-19-6-8-22(9-7-19)25-16-15-24(18-27(25)30)21-10-12-23(13-11-21)26-17-14-20(4-2)28(31)29(26)32/h10-19,22H,3-9H2,1-2H3. The van der Waals surface area contributed by atoms with E-state index in [1.54, 1.807) is 37.3 Å². The van der Waals surface area contributed by atoms with Crippen molar-refractivity contribution in [2.75, 3.05) is 0 Å². The minimum Gasteiger partial charge on any atom is -0.207 e. The topological polar surface area (TPSA) is 0 Å². The fourth-order valence-corrected chi connectivity index (χ4v) is 5.14. The zero-order chi connectivity index (χ0) is 22.7. The lowest BCUT2D eigenvalue weighted by Crippen LogP contribution is -2.14. The van der Waals surface area contributed by atoms with Crippen LogP contribution in [0.4, 0.5) is 13.2 Å². The summed E-state index contributed by atoms with van der Waals surface area (Å²) in [6.07, 6.45) is 7.47. The van der Waals surface area contributed by atoms with Crippen LogP contribution in [-0.2, 0) is 6.42 Å². The highest BCUT2D eigenvalue weighted by molar-refractivity contribution is 5.71. The molecule has 0 amide bonds. The summed E-state index contributed by atoms with van der Waals surface area (Å²) in [6, 6.07) is 16.0. The van der Waals surface area contributed by atoms with Crippen molar-refractivity contribution in [1.82, 2.24) is 0 Å². The lowest BCUT2D eigenvalue weighted by atomic mass is 9.77. The van der Waals surface area contributed by atoms with E-state index in [4.69, 9.17) is 0 Å². The Labute approximate surface area is 189 Å². The Kier molecular flexibility index (Phi) is 7.03. The molecular weight excluding hydrogens is 405 g/mol. The molecule has 1 aliphatic carbocycles. The number of aryl methyl sites for hydroxylation is 1. The molecule has 4 rings (SSSR count). The molecule has 3 aromatic carbocycles. The smallest absolute Gasteiger partial charge is 0.166 e. The summed E-state index contributed by atoms with van der Waals surface area (Å²) in [4.78, 5) is 0. The predicted octanol–water partition coefficient (Wildman–Crippen LogP) is 9.07. The van der Waals surface area contributed by atoms with Crippen molar-refractivity contribution < 1.29 is 13.2 Å². The Morgan fingerprint density at radius 3 is 2.00 bits per heavy atom. The van der Waals surface area contributed by atoms with Gasteiger partial charge < -0.3 is 0 Å². The molecule has 0 heterocycles. The Bertz CT molecular complexity index is 1060. The number of hydrogen-bond donors (Lipinski definition) is 0. The van der Waals surface area contributed by atoms with Gasteiger partial charge in [0.2, 0.25) is 0 Å². The van der Waals surface area contributed by atoms with Gasteiger partial charge in [-0.25, -0.2) is 13.2 Å². The molecule has 1 saturated carbocycles. The van der Waals surface area contributed by atoms with Crippen LogP contribution in [0.2, 0.25) is 0 Å². The van der Waals surface area contributed by atoms with Crippen molar-refractivity contribution >= 4 is 0 Å². The maximum Gasteiger partial charge on any atom is 0.166 e. The van der Waals surface area contributed by atoms with Gasteiger partial charge in [-0.1, -0.05) is 75.2 Å². The van der Waals surface area contributed by atoms with Gasteiger partial charge in [-0.3, -0.25) is 0 Å². The fourth-order valence-electron chi connectivity index (χ4n) is 5.14. The molecule has 3 aromatic rings. The van der Waals surface area contributed by atoms with Crippen LogP contribution >= 0.6 is 0 Å². The van der Waals surface area contributed by atoms with Crippen LogP contribution < -0.4 is 0 Å². The average molecular weight is 437 g/mol. The summed E-state index contributed by atoms with van der Waals surface area (Å²) >= 11 is 0. The van der Waals surface area contributed by atoms with Gasteiger partial charge in [-0.2, -0.15) is 0 Å². The lowest BCUT2D eigenvalue weighted by Gasteiger charge is -2.29. The third-order valence-electron chi connectivity index (χ3n) is 7.06. The quantitative estimate of drug-likeness (QED) is 0.361. The molecule has 0 spiro atoms. The predicted molar refractivity (Wildman–Crippen MR) is 126 cm³/mol. The first-order valence-electron chi connectivity index (χ1n) is 11.9. The second-order valence-electron chi connectivity index (χ2n) is 9.07. The number of benzene rings is 3. The number of hydrogen-bond acceptors (Lipinski definition) is 0. The Morgan fingerprint density at radius 1 is 0.719 bits per heavy atom. The molecule has 0 N–H and O–H groups in total. The molecule has 1 aliphatic rings. The zero-order valence-corrected chi connectivity index (χ0v) is 18.9. The van der Waals surface area contributed by atoms with Gasteiger partial charge in [0.25, 0.3) is 0 Å². The van der Waals surface area contributed by atoms with Crippen LogP contribution in [0.3, 0.4) is 0 Å². The van der Waals surface area contributed by atoms with Gasteiger partial charge in [-0.05, 0) is 77.8 Å². The van der Waals surface area contributed by atoms with Crippen LogP contribution in [0.1, 0.15) is 69.4 Å². The third-order valence-corrected chi connectivity index (χ3v) is 7.06. The van der Waals surface area contributed by atoms with E-state index < -0.39 is 11.6 Å². The van der Waals surface area contributed by atoms with Crippen molar-refractivity contribution in [3.05, 3.63) is 83.2 Å². The van der Waals surface area contributed by atoms with E-state index in [1.165, 1.54) is 25.7 Å². The van der Waals surface area contributed by atoms with Crippen LogP contribution in [0.5, 0.6) is 0 Å². The molecule has 0 radical (unpaired) electrons. The van der Waals surface area contributed by atoms with Gasteiger partial charge in [0.15, 0.2) is 11.6 Å². The summed E-state index contributed by atoms with van der Waals surface area (Å²) in [5.41, 5.74) is 3.70. The number of rotatable bonds is 6. The monoisotopic (exact) mass is 436 g/mol. The summed E-state index contributed by atoms with van der Waals surface area (Å²) in [5, 5.41) is 0. The minimum atomic E-state index is -0.818. The highest BCUT2D eigenvalue weighted by Gasteiger charge is 2.24. The van der Waals surface area contributed by atoms with Gasteiger partial charge in [0, 0.05) is 5.56 Å². The van der Waals surface area contributed by atoms with Crippen molar-refractivity contribution in [3.63, 3.8) is 0 Å². The van der Waals surface area contributed by atoms with E-state index in [0.717, 1.165) is 35.4 Å². The van der Waals surface area contributed by atoms with Gasteiger partial charge >= 0.3 is 0 Å². The van der Waals surface area contributed by atoms with Gasteiger partial charge in [0.1, 0.15) is 5.82 Å². The fraction of sp³-hybridized carbons (Fsp3) is 0.379. The maximum absolute atomic E-state index is 15.0. The Hall–Kier alpha value is -2.55. The normalized spacial score (nSPS) is 18.7. The molecule has 0 nitrogen and oxygen atoms in total. The molecular formula is C29H31F3. The molecule has 168 valence electrons. The molecule has 0 unspecified atom stereocenters. The second-order valence-corrected chi connectivity index (χ2v) is 9.07. The largest absolute Gasteiger partial charge is 0.207 e. The number of halogens is 3. The van der Waals surface area contributed by atoms with E-state index in [2.05, 4.69) is 6.92 Å². The van der Waals surface area contributed by atoms with E-state index in [9.17, 15) is 13.2 Å². The highest BCUT2D eigenvalue weighted by Crippen LogP contribution is 2.39. The van der Waals surface area contributed by atoms with Crippen LogP contribution in [0.15, 0.2) is 54.6 Å². The van der Waals surface area contributed by atoms with Crippen LogP contribution in [-0.4, -0.2) is 0 Å². The first-order valence-corrected chi connectivity index (χ1v) is 11.9. The first kappa shape index (κ1) is 22.6. The van der Waals surface area contributed by atoms with E-state index in [1.807, 2.05) is 24.3 Å². The van der Waals surface area contributed by atoms with Gasteiger partial charge in [-0.15, -0.1) is 0 Å². The Balaban J connectivity index is 1.52. The summed E-state index contributed by atoms with van der Waals surface area (Å²) < 4.78 is 43.6. The van der Waals surface area contributed by atoms with Crippen molar-refractivity contribution in [2.24, 2.45) is 5.92 Å². The van der Waals surface area contributed by atoms with Crippen molar-refractivity contribution in [1.29, 1.82) is 0 Å². The molecule has 0 atom stereocenters. The third kappa shape index (κ3) is 4.62. The molecule has 32 heavy (non-hydrogen) atoms. The molecule has 3 heteroatoms. The zero-order valence-electron chi connectivity index (χ0n) is 18.9. The molecule has 1 fully saturated rings. The SMILES string of the molecule is CCCC1CCC(c2ccc(-c3ccc(-c4ccc(CC)c(F)c4F)cc3)cc2F)CC1. The molecule has 0 saturated heterocycles. The summed E-state index contributed by atoms with van der Waals surface area (Å²) in [5.74, 6) is -0.637. The van der Waals surface area contributed by atoms with Crippen molar-refractivity contribution in [3.8, 4) is 22.3 Å². The second kappa shape index (κ2) is 9.94. The van der Waals surface area contributed by atoms with Crippen LogP contribution in [0, 0.1) is 23.4 Å². The van der Waals surface area contributed by atoms with Crippen molar-refractivity contribution in [2.45, 2.75) is 64.7 Å². The highest BCUT2D eigenvalue weighted by atomic mass is 19.2. The van der Waals surface area contributed by atoms with E-state index in [-0.39, 0.29) is 11.4 Å². The van der Waals surface area contributed by atoms with Crippen LogP contribution in [0.25, 0.3) is 22.3 Å². The maximum atomic E-state index is 15.0. The summed E-state index contributed by atoms with van der Waals surface area (Å²) in [7, 11) is 0. The first-order chi connectivity index (χ1) is 15.5. The summed E-state index contributed by atoms with van der Waals surface area (Å²) in [6.45, 7) is 4.03. The lowest BCUT2D eigenvalue weighted by molar-refractivity contribution is 0.304. The van der Waals surface area contributed by atoms with E-state index >= 15 is 0 Å². The average Bonchev–Trinajstić information content (AvgIpc) is 2.82. The molecule has 0 bridgehead atoms.